The molecule has 0 aliphatic heterocycles. The Balaban J connectivity index is 2.87. The molecule has 0 spiro atoms. The molecular weight excluding hydrogens is 148 g/mol. The van der Waals surface area contributed by atoms with Gasteiger partial charge in [0.1, 0.15) is 5.69 Å². The number of hydrogen-bond donors (Lipinski definition) is 2. The number of aromatic amines is 1. The lowest BCUT2D eigenvalue weighted by Crippen LogP contribution is -2.01. The average molecular weight is 156 g/mol. The van der Waals surface area contributed by atoms with E-state index >= 15 is 0 Å². The summed E-state index contributed by atoms with van der Waals surface area (Å²) >= 11 is 0. The Kier molecular flexibility index (Phi) is 2.22. The molecule has 0 saturated heterocycles. The van der Waals surface area contributed by atoms with Gasteiger partial charge in [0.15, 0.2) is 0 Å². The zero-order valence-electron chi connectivity index (χ0n) is 6.00. The van der Waals surface area contributed by atoms with Gasteiger partial charge in [0.05, 0.1) is 12.8 Å². The minimum atomic E-state index is -1.02. The maximum absolute atomic E-state index is 10.4. The maximum Gasteiger partial charge on any atom is 0.354 e. The fourth-order valence-corrected chi connectivity index (χ4v) is 0.761. The number of hydrogen-bond acceptors (Lipinski definition) is 3. The van der Waals surface area contributed by atoms with Crippen LogP contribution in [0.1, 0.15) is 16.1 Å². The van der Waals surface area contributed by atoms with Crippen molar-refractivity contribution in [2.24, 2.45) is 0 Å². The third-order valence-corrected chi connectivity index (χ3v) is 1.23. The highest BCUT2D eigenvalue weighted by Gasteiger charge is 2.10. The van der Waals surface area contributed by atoms with Crippen LogP contribution in [0.2, 0.25) is 0 Å². The number of aromatic carboxylic acids is 1. The van der Waals surface area contributed by atoms with Crippen molar-refractivity contribution in [1.82, 2.24) is 10.2 Å². The molecule has 1 heterocycles. The van der Waals surface area contributed by atoms with Gasteiger partial charge in [0.2, 0.25) is 0 Å². The van der Waals surface area contributed by atoms with E-state index < -0.39 is 5.97 Å². The second kappa shape index (κ2) is 3.16. The van der Waals surface area contributed by atoms with Gasteiger partial charge in [-0.3, -0.25) is 5.10 Å². The number of carboxylic acid groups (broad SMARTS) is 1. The predicted octanol–water partition coefficient (Wildman–Crippen LogP) is 0.254. The summed E-state index contributed by atoms with van der Waals surface area (Å²) in [7, 11) is 1.50. The number of carbonyl (C=O) groups is 1. The third kappa shape index (κ3) is 1.56. The molecule has 1 aromatic heterocycles. The molecule has 0 fully saturated rings. The van der Waals surface area contributed by atoms with E-state index in [0.717, 1.165) is 0 Å². The van der Waals surface area contributed by atoms with E-state index in [-0.39, 0.29) is 12.3 Å². The van der Waals surface area contributed by atoms with Crippen molar-refractivity contribution >= 4 is 5.97 Å². The SMILES string of the molecule is COCc1cn[nH]c1C(=O)O. The van der Waals surface area contributed by atoms with Gasteiger partial charge < -0.3 is 9.84 Å². The van der Waals surface area contributed by atoms with Crippen molar-refractivity contribution in [3.63, 3.8) is 0 Å². The summed E-state index contributed by atoms with van der Waals surface area (Å²) in [5, 5.41) is 14.5. The van der Waals surface area contributed by atoms with Crippen LogP contribution in [0.5, 0.6) is 0 Å². The first kappa shape index (κ1) is 7.74. The van der Waals surface area contributed by atoms with Gasteiger partial charge in [0.25, 0.3) is 0 Å². The molecule has 0 saturated carbocycles. The van der Waals surface area contributed by atoms with Gasteiger partial charge in [-0.1, -0.05) is 0 Å². The molecular formula is C6H8N2O3. The number of carboxylic acids is 1. The summed E-state index contributed by atoms with van der Waals surface area (Å²) in [4.78, 5) is 10.4. The molecule has 0 aromatic carbocycles. The highest BCUT2D eigenvalue weighted by Crippen LogP contribution is 2.04. The monoisotopic (exact) mass is 156 g/mol. The highest BCUT2D eigenvalue weighted by molar-refractivity contribution is 5.86. The van der Waals surface area contributed by atoms with Gasteiger partial charge >= 0.3 is 5.97 Å². The number of methoxy groups -OCH3 is 1. The fourth-order valence-electron chi connectivity index (χ4n) is 0.761. The van der Waals surface area contributed by atoms with Gasteiger partial charge in [-0.25, -0.2) is 4.79 Å². The smallest absolute Gasteiger partial charge is 0.354 e. The lowest BCUT2D eigenvalue weighted by Gasteiger charge is -1.94. The first-order valence-electron chi connectivity index (χ1n) is 3.00. The van der Waals surface area contributed by atoms with E-state index in [1.54, 1.807) is 0 Å². The second-order valence-electron chi connectivity index (χ2n) is 2.01. The normalized spacial score (nSPS) is 9.91. The highest BCUT2D eigenvalue weighted by atomic mass is 16.5. The van der Waals surface area contributed by atoms with Gasteiger partial charge in [-0.05, 0) is 0 Å². The molecule has 0 radical (unpaired) electrons. The van der Waals surface area contributed by atoms with Crippen LogP contribution in [-0.2, 0) is 11.3 Å². The van der Waals surface area contributed by atoms with Crippen LogP contribution in [0.25, 0.3) is 0 Å². The Hall–Kier alpha value is -1.36. The third-order valence-electron chi connectivity index (χ3n) is 1.23. The van der Waals surface area contributed by atoms with Crippen molar-refractivity contribution in [2.45, 2.75) is 6.61 Å². The Morgan fingerprint density at radius 2 is 2.64 bits per heavy atom. The lowest BCUT2D eigenvalue weighted by atomic mass is 10.3. The van der Waals surface area contributed by atoms with Crippen molar-refractivity contribution in [3.8, 4) is 0 Å². The molecule has 11 heavy (non-hydrogen) atoms. The number of H-pyrrole nitrogens is 1. The summed E-state index contributed by atoms with van der Waals surface area (Å²) in [6, 6.07) is 0. The number of ether oxygens (including phenoxy) is 1. The number of nitrogens with one attached hydrogen (secondary N) is 1. The summed E-state index contributed by atoms with van der Waals surface area (Å²) in [5.74, 6) is -1.02. The van der Waals surface area contributed by atoms with Crippen LogP contribution in [0.3, 0.4) is 0 Å². The number of nitrogens with zero attached hydrogens (tertiary/aromatic N) is 1. The van der Waals surface area contributed by atoms with Gasteiger partial charge in [-0.2, -0.15) is 5.10 Å². The van der Waals surface area contributed by atoms with E-state index in [4.69, 9.17) is 9.84 Å². The fraction of sp³-hybridized carbons (Fsp3) is 0.333. The Morgan fingerprint density at radius 3 is 3.18 bits per heavy atom. The van der Waals surface area contributed by atoms with Crippen LogP contribution < -0.4 is 0 Å². The first-order chi connectivity index (χ1) is 5.25. The predicted molar refractivity (Wildman–Crippen MR) is 36.3 cm³/mol. The molecule has 5 heteroatoms. The first-order valence-corrected chi connectivity index (χ1v) is 3.00. The van der Waals surface area contributed by atoms with E-state index in [2.05, 4.69) is 10.2 Å². The van der Waals surface area contributed by atoms with Crippen LogP contribution in [0.4, 0.5) is 0 Å². The molecule has 0 unspecified atom stereocenters. The largest absolute Gasteiger partial charge is 0.477 e. The topological polar surface area (TPSA) is 75.2 Å². The van der Waals surface area contributed by atoms with Crippen LogP contribution >= 0.6 is 0 Å². The van der Waals surface area contributed by atoms with Crippen LogP contribution in [-0.4, -0.2) is 28.4 Å². The van der Waals surface area contributed by atoms with E-state index in [1.807, 2.05) is 0 Å². The molecule has 0 aliphatic carbocycles. The number of aromatic nitrogens is 2. The molecule has 60 valence electrons. The summed E-state index contributed by atoms with van der Waals surface area (Å²) in [6.07, 6.45) is 1.44. The van der Waals surface area contributed by atoms with Gasteiger partial charge in [-0.15, -0.1) is 0 Å². The molecule has 0 bridgehead atoms. The van der Waals surface area contributed by atoms with E-state index in [1.165, 1.54) is 13.3 Å². The van der Waals surface area contributed by atoms with Crippen molar-refractivity contribution < 1.29 is 14.6 Å². The zero-order chi connectivity index (χ0) is 8.27. The standard InChI is InChI=1S/C6H8N2O3/c1-11-3-4-2-7-8-5(4)6(9)10/h2H,3H2,1H3,(H,7,8)(H,9,10). The van der Waals surface area contributed by atoms with Crippen molar-refractivity contribution in [1.29, 1.82) is 0 Å². The summed E-state index contributed by atoms with van der Waals surface area (Å²) < 4.78 is 4.75. The second-order valence-corrected chi connectivity index (χ2v) is 2.01. The quantitative estimate of drug-likeness (QED) is 0.657. The summed E-state index contributed by atoms with van der Waals surface area (Å²) in [6.45, 7) is 0.262. The maximum atomic E-state index is 10.4. The molecule has 0 amide bonds. The van der Waals surface area contributed by atoms with Crippen molar-refractivity contribution in [3.05, 3.63) is 17.5 Å². The number of rotatable bonds is 3. The Morgan fingerprint density at radius 1 is 1.91 bits per heavy atom. The molecule has 5 nitrogen and oxygen atoms in total. The van der Waals surface area contributed by atoms with E-state index in [0.29, 0.717) is 5.56 Å². The van der Waals surface area contributed by atoms with Crippen LogP contribution in [0.15, 0.2) is 6.20 Å². The molecule has 1 rings (SSSR count). The van der Waals surface area contributed by atoms with Crippen LogP contribution in [0, 0.1) is 0 Å². The Bertz CT molecular complexity index is 256. The minimum Gasteiger partial charge on any atom is -0.477 e. The van der Waals surface area contributed by atoms with Gasteiger partial charge in [0, 0.05) is 12.7 Å². The molecule has 0 aliphatic rings. The van der Waals surface area contributed by atoms with Crippen molar-refractivity contribution in [2.75, 3.05) is 7.11 Å². The molecule has 0 atom stereocenters. The summed E-state index contributed by atoms with van der Waals surface area (Å²) in [5.41, 5.74) is 0.645. The van der Waals surface area contributed by atoms with E-state index in [9.17, 15) is 4.79 Å². The molecule has 2 N–H and O–H groups in total. The minimum absolute atomic E-state index is 0.0897. The Labute approximate surface area is 63.0 Å². The molecule has 1 aromatic rings. The zero-order valence-corrected chi connectivity index (χ0v) is 6.00. The lowest BCUT2D eigenvalue weighted by molar-refractivity contribution is 0.0685. The average Bonchev–Trinajstić information content (AvgIpc) is 2.36.